The van der Waals surface area contributed by atoms with E-state index in [1.807, 2.05) is 43.3 Å². The van der Waals surface area contributed by atoms with Gasteiger partial charge in [-0.25, -0.2) is 9.97 Å². The maximum absolute atomic E-state index is 6.20. The van der Waals surface area contributed by atoms with Crippen molar-refractivity contribution in [2.75, 3.05) is 24.3 Å². The Morgan fingerprint density at radius 3 is 2.72 bits per heavy atom. The fraction of sp³-hybridized carbons (Fsp3) is 0.231. The summed E-state index contributed by atoms with van der Waals surface area (Å²) in [7, 11) is 3.93. The lowest BCUT2D eigenvalue weighted by Crippen LogP contribution is -2.09. The van der Waals surface area contributed by atoms with Crippen LogP contribution in [0.4, 0.5) is 11.4 Å². The molecule has 0 saturated carbocycles. The van der Waals surface area contributed by atoms with Crippen LogP contribution in [-0.2, 0) is 6.54 Å². The first-order chi connectivity index (χ1) is 8.66. The van der Waals surface area contributed by atoms with E-state index in [4.69, 9.17) is 11.6 Å². The Bertz CT molecular complexity index is 514. The molecule has 0 amide bonds. The van der Waals surface area contributed by atoms with E-state index in [9.17, 15) is 0 Å². The number of rotatable bonds is 4. The van der Waals surface area contributed by atoms with Crippen LogP contribution in [0.1, 0.15) is 5.69 Å². The zero-order valence-electron chi connectivity index (χ0n) is 10.4. The van der Waals surface area contributed by atoms with Gasteiger partial charge in [-0.05, 0) is 24.3 Å². The van der Waals surface area contributed by atoms with Crippen LogP contribution >= 0.6 is 11.6 Å². The van der Waals surface area contributed by atoms with Gasteiger partial charge in [0.15, 0.2) is 0 Å². The lowest BCUT2D eigenvalue weighted by Gasteiger charge is -2.15. The van der Waals surface area contributed by atoms with Crippen LogP contribution in [0.25, 0.3) is 0 Å². The number of halogens is 1. The van der Waals surface area contributed by atoms with Crippen molar-refractivity contribution in [2.45, 2.75) is 6.54 Å². The van der Waals surface area contributed by atoms with Gasteiger partial charge in [-0.1, -0.05) is 11.6 Å². The second-order valence-electron chi connectivity index (χ2n) is 4.11. The quantitative estimate of drug-likeness (QED) is 0.920. The zero-order valence-corrected chi connectivity index (χ0v) is 11.1. The molecule has 2 aromatic rings. The number of hydrogen-bond acceptors (Lipinski definition) is 4. The summed E-state index contributed by atoms with van der Waals surface area (Å²) in [4.78, 5) is 10.0. The smallest absolute Gasteiger partial charge is 0.115 e. The van der Waals surface area contributed by atoms with Gasteiger partial charge in [0.25, 0.3) is 0 Å². The van der Waals surface area contributed by atoms with Crippen molar-refractivity contribution in [1.29, 1.82) is 0 Å². The average molecular weight is 263 g/mol. The van der Waals surface area contributed by atoms with Crippen molar-refractivity contribution < 1.29 is 0 Å². The number of nitrogens with zero attached hydrogens (tertiary/aromatic N) is 3. The SMILES string of the molecule is CN(C)c1ccc(NCc2ccncn2)cc1Cl. The van der Waals surface area contributed by atoms with E-state index in [1.165, 1.54) is 0 Å². The molecule has 1 aromatic heterocycles. The molecular weight excluding hydrogens is 248 g/mol. The molecule has 2 rings (SSSR count). The minimum Gasteiger partial charge on any atom is -0.379 e. The molecule has 1 heterocycles. The monoisotopic (exact) mass is 262 g/mol. The highest BCUT2D eigenvalue weighted by Crippen LogP contribution is 2.27. The summed E-state index contributed by atoms with van der Waals surface area (Å²) >= 11 is 6.20. The summed E-state index contributed by atoms with van der Waals surface area (Å²) in [6, 6.07) is 7.79. The third-order valence-corrected chi connectivity index (χ3v) is 2.85. The Labute approximate surface area is 112 Å². The van der Waals surface area contributed by atoms with Crippen molar-refractivity contribution in [3.8, 4) is 0 Å². The van der Waals surface area contributed by atoms with Gasteiger partial charge in [0, 0.05) is 26.0 Å². The van der Waals surface area contributed by atoms with E-state index < -0.39 is 0 Å². The molecule has 1 aromatic carbocycles. The van der Waals surface area contributed by atoms with E-state index >= 15 is 0 Å². The van der Waals surface area contributed by atoms with Gasteiger partial charge in [0.2, 0.25) is 0 Å². The lowest BCUT2D eigenvalue weighted by atomic mass is 10.2. The normalized spacial score (nSPS) is 10.2. The fourth-order valence-electron chi connectivity index (χ4n) is 1.59. The Kier molecular flexibility index (Phi) is 3.99. The van der Waals surface area contributed by atoms with Crippen LogP contribution < -0.4 is 10.2 Å². The van der Waals surface area contributed by atoms with E-state index in [0.29, 0.717) is 6.54 Å². The molecule has 0 saturated heterocycles. The van der Waals surface area contributed by atoms with Gasteiger partial charge in [-0.15, -0.1) is 0 Å². The Morgan fingerprint density at radius 1 is 1.28 bits per heavy atom. The summed E-state index contributed by atoms with van der Waals surface area (Å²) in [6.07, 6.45) is 3.27. The van der Waals surface area contributed by atoms with E-state index in [-0.39, 0.29) is 0 Å². The first-order valence-electron chi connectivity index (χ1n) is 5.62. The molecule has 0 atom stereocenters. The van der Waals surface area contributed by atoms with E-state index in [1.54, 1.807) is 12.5 Å². The molecule has 0 bridgehead atoms. The lowest BCUT2D eigenvalue weighted by molar-refractivity contribution is 1.01. The van der Waals surface area contributed by atoms with Crippen molar-refractivity contribution in [3.63, 3.8) is 0 Å². The molecule has 0 unspecified atom stereocenters. The summed E-state index contributed by atoms with van der Waals surface area (Å²) in [6.45, 7) is 0.653. The molecule has 0 aliphatic heterocycles. The van der Waals surface area contributed by atoms with Crippen molar-refractivity contribution in [2.24, 2.45) is 0 Å². The molecule has 18 heavy (non-hydrogen) atoms. The van der Waals surface area contributed by atoms with Gasteiger partial charge in [0.05, 0.1) is 22.9 Å². The number of benzene rings is 1. The highest BCUT2D eigenvalue weighted by atomic mass is 35.5. The van der Waals surface area contributed by atoms with Crippen LogP contribution in [0.3, 0.4) is 0 Å². The Balaban J connectivity index is 2.05. The highest BCUT2D eigenvalue weighted by Gasteiger charge is 2.03. The Morgan fingerprint density at radius 2 is 2.11 bits per heavy atom. The fourth-order valence-corrected chi connectivity index (χ4v) is 1.94. The van der Waals surface area contributed by atoms with Gasteiger partial charge in [-0.3, -0.25) is 0 Å². The molecule has 0 spiro atoms. The van der Waals surface area contributed by atoms with Gasteiger partial charge in [-0.2, -0.15) is 0 Å². The minimum atomic E-state index is 0.653. The molecule has 0 aliphatic carbocycles. The van der Waals surface area contributed by atoms with Gasteiger partial charge < -0.3 is 10.2 Å². The zero-order chi connectivity index (χ0) is 13.0. The standard InChI is InChI=1S/C13H15ClN4/c1-18(2)13-4-3-10(7-12(13)14)16-8-11-5-6-15-9-17-11/h3-7,9,16H,8H2,1-2H3. The van der Waals surface area contributed by atoms with Crippen LogP contribution in [0.5, 0.6) is 0 Å². The molecule has 5 heteroatoms. The molecular formula is C13H15ClN4. The summed E-state index contributed by atoms with van der Waals surface area (Å²) in [5.41, 5.74) is 2.92. The summed E-state index contributed by atoms with van der Waals surface area (Å²) < 4.78 is 0. The second-order valence-corrected chi connectivity index (χ2v) is 4.52. The number of anilines is 2. The summed E-state index contributed by atoms with van der Waals surface area (Å²) in [5, 5.41) is 4.00. The van der Waals surface area contributed by atoms with E-state index in [2.05, 4.69) is 15.3 Å². The van der Waals surface area contributed by atoms with E-state index in [0.717, 1.165) is 22.1 Å². The topological polar surface area (TPSA) is 41.0 Å². The largest absolute Gasteiger partial charge is 0.379 e. The van der Waals surface area contributed by atoms with Crippen LogP contribution in [0.15, 0.2) is 36.8 Å². The Hall–Kier alpha value is -1.81. The van der Waals surface area contributed by atoms with Crippen molar-refractivity contribution in [1.82, 2.24) is 9.97 Å². The first kappa shape index (κ1) is 12.6. The predicted octanol–water partition coefficient (Wildman–Crippen LogP) is 2.81. The summed E-state index contributed by atoms with van der Waals surface area (Å²) in [5.74, 6) is 0. The number of aromatic nitrogens is 2. The van der Waals surface area contributed by atoms with Gasteiger partial charge >= 0.3 is 0 Å². The maximum Gasteiger partial charge on any atom is 0.115 e. The molecule has 4 nitrogen and oxygen atoms in total. The van der Waals surface area contributed by atoms with Crippen molar-refractivity contribution >= 4 is 23.0 Å². The maximum atomic E-state index is 6.20. The number of hydrogen-bond donors (Lipinski definition) is 1. The number of nitrogens with one attached hydrogen (secondary N) is 1. The average Bonchev–Trinajstić information content (AvgIpc) is 2.37. The minimum absolute atomic E-state index is 0.653. The third-order valence-electron chi connectivity index (χ3n) is 2.55. The molecule has 1 N–H and O–H groups in total. The molecule has 0 radical (unpaired) electrons. The molecule has 0 aliphatic rings. The highest BCUT2D eigenvalue weighted by molar-refractivity contribution is 6.33. The van der Waals surface area contributed by atoms with Crippen LogP contribution in [0, 0.1) is 0 Å². The third kappa shape index (κ3) is 3.11. The van der Waals surface area contributed by atoms with Crippen LogP contribution in [-0.4, -0.2) is 24.1 Å². The van der Waals surface area contributed by atoms with Crippen molar-refractivity contribution in [3.05, 3.63) is 47.5 Å². The second kappa shape index (κ2) is 5.69. The van der Waals surface area contributed by atoms with Crippen LogP contribution in [0.2, 0.25) is 5.02 Å². The predicted molar refractivity (Wildman–Crippen MR) is 75.1 cm³/mol. The molecule has 0 fully saturated rings. The first-order valence-corrected chi connectivity index (χ1v) is 6.00. The molecule has 94 valence electrons. The van der Waals surface area contributed by atoms with Gasteiger partial charge in [0.1, 0.15) is 6.33 Å².